The van der Waals surface area contributed by atoms with E-state index in [0.717, 1.165) is 12.1 Å². The van der Waals surface area contributed by atoms with Gasteiger partial charge in [0.15, 0.2) is 0 Å². The topological polar surface area (TPSA) is 61.4 Å². The normalized spacial score (nSPS) is 12.0. The average Bonchev–Trinajstić information content (AvgIpc) is 3.27. The molecule has 0 atom stereocenters. The van der Waals surface area contributed by atoms with Crippen LogP contribution in [0.2, 0.25) is 5.02 Å². The number of halogens is 4. The summed E-state index contributed by atoms with van der Waals surface area (Å²) < 4.78 is 42.2. The number of aryl methyl sites for hydroxylation is 1. The first kappa shape index (κ1) is 17.5. The maximum atomic E-state index is 12.9. The molecule has 6 nitrogen and oxygen atoms in total. The Morgan fingerprint density at radius 2 is 1.93 bits per heavy atom. The monoisotopic (exact) mass is 392 g/mol. The van der Waals surface area contributed by atoms with Crippen LogP contribution in [0.3, 0.4) is 0 Å². The Hall–Kier alpha value is -2.94. The van der Waals surface area contributed by atoms with Gasteiger partial charge in [0, 0.05) is 28.9 Å². The number of alkyl halides is 3. The number of aromatic nitrogens is 6. The molecule has 10 heteroatoms. The second-order valence-corrected chi connectivity index (χ2v) is 6.15. The minimum atomic E-state index is -4.46. The molecule has 0 fully saturated rings. The van der Waals surface area contributed by atoms with Crippen molar-refractivity contribution in [1.29, 1.82) is 0 Å². The Kier molecular flexibility index (Phi) is 4.11. The molecule has 0 radical (unpaired) electrons. The zero-order valence-electron chi connectivity index (χ0n) is 13.9. The average molecular weight is 393 g/mol. The van der Waals surface area contributed by atoms with Gasteiger partial charge in [0.2, 0.25) is 5.95 Å². The molecule has 0 spiro atoms. The molecule has 3 aromatic heterocycles. The van der Waals surface area contributed by atoms with Crippen LogP contribution in [-0.2, 0) is 12.7 Å². The van der Waals surface area contributed by atoms with Crippen molar-refractivity contribution in [2.24, 2.45) is 0 Å². The maximum absolute atomic E-state index is 12.9. The first-order valence-corrected chi connectivity index (χ1v) is 8.34. The van der Waals surface area contributed by atoms with Crippen molar-refractivity contribution >= 4 is 22.6 Å². The van der Waals surface area contributed by atoms with E-state index in [2.05, 4.69) is 20.1 Å². The Morgan fingerprint density at radius 1 is 1.11 bits per heavy atom. The van der Waals surface area contributed by atoms with E-state index in [-0.39, 0.29) is 5.02 Å². The lowest BCUT2D eigenvalue weighted by molar-refractivity contribution is -0.137. The number of benzene rings is 1. The van der Waals surface area contributed by atoms with Gasteiger partial charge in [-0.15, -0.1) is 0 Å². The van der Waals surface area contributed by atoms with Crippen LogP contribution in [0.5, 0.6) is 0 Å². The molecular weight excluding hydrogens is 381 g/mol. The second kappa shape index (κ2) is 6.34. The number of rotatable bonds is 3. The van der Waals surface area contributed by atoms with Crippen LogP contribution >= 0.6 is 11.6 Å². The van der Waals surface area contributed by atoms with Gasteiger partial charge in [0.1, 0.15) is 18.2 Å². The summed E-state index contributed by atoms with van der Waals surface area (Å²) in [5, 5.41) is 4.09. The highest BCUT2D eigenvalue weighted by atomic mass is 35.5. The van der Waals surface area contributed by atoms with E-state index in [1.54, 1.807) is 12.4 Å². The third-order valence-corrected chi connectivity index (χ3v) is 4.47. The smallest absolute Gasteiger partial charge is 0.308 e. The zero-order chi connectivity index (χ0) is 19.2. The number of pyridine rings is 1. The fourth-order valence-electron chi connectivity index (χ4n) is 2.97. The van der Waals surface area contributed by atoms with Crippen molar-refractivity contribution in [2.75, 3.05) is 0 Å². The van der Waals surface area contributed by atoms with Crippen molar-refractivity contribution < 1.29 is 13.2 Å². The summed E-state index contributed by atoms with van der Waals surface area (Å²) in [4.78, 5) is 12.6. The van der Waals surface area contributed by atoms with Gasteiger partial charge in [-0.1, -0.05) is 17.7 Å². The summed E-state index contributed by atoms with van der Waals surface area (Å²) in [5.74, 6) is 0.530. The lowest BCUT2D eigenvalue weighted by Gasteiger charge is -2.12. The maximum Gasteiger partial charge on any atom is 0.416 e. The molecule has 0 saturated heterocycles. The highest BCUT2D eigenvalue weighted by molar-refractivity contribution is 6.33. The lowest BCUT2D eigenvalue weighted by Crippen LogP contribution is -2.07. The van der Waals surface area contributed by atoms with Gasteiger partial charge in [0.05, 0.1) is 17.3 Å². The molecule has 0 bridgehead atoms. The molecule has 0 unspecified atom stereocenters. The molecule has 0 aliphatic carbocycles. The summed E-state index contributed by atoms with van der Waals surface area (Å²) >= 11 is 6.19. The number of nitrogens with zero attached hydrogens (tertiary/aromatic N) is 6. The van der Waals surface area contributed by atoms with Crippen LogP contribution in [0.1, 0.15) is 12.5 Å². The first-order valence-electron chi connectivity index (χ1n) is 7.96. The molecular formula is C17H12ClF3N6. The zero-order valence-corrected chi connectivity index (χ0v) is 14.7. The third kappa shape index (κ3) is 2.93. The Balaban J connectivity index is 1.96. The van der Waals surface area contributed by atoms with E-state index in [0.29, 0.717) is 34.7 Å². The van der Waals surface area contributed by atoms with E-state index >= 15 is 0 Å². The van der Waals surface area contributed by atoms with Gasteiger partial charge in [-0.3, -0.25) is 4.98 Å². The van der Waals surface area contributed by atoms with Crippen molar-refractivity contribution in [3.8, 4) is 17.1 Å². The van der Waals surface area contributed by atoms with Gasteiger partial charge in [-0.25, -0.2) is 9.97 Å². The standard InChI is InChI=1S/C17H12ClF3N6/c1-2-26-15-12(11-4-3-10(5-13(11)18)17(19,20)21)6-22-7-14(15)25-16(26)27-9-23-8-24-27/h3-9H,2H2,1H3. The van der Waals surface area contributed by atoms with E-state index in [1.807, 2.05) is 11.5 Å². The Morgan fingerprint density at radius 3 is 2.56 bits per heavy atom. The molecule has 0 amide bonds. The van der Waals surface area contributed by atoms with Gasteiger partial charge in [0.25, 0.3) is 0 Å². The van der Waals surface area contributed by atoms with Crippen LogP contribution in [0, 0.1) is 0 Å². The minimum Gasteiger partial charge on any atom is -0.308 e. The molecule has 1 aromatic carbocycles. The Labute approximate surface area is 156 Å². The first-order chi connectivity index (χ1) is 12.9. The number of imidazole rings is 1. The van der Waals surface area contributed by atoms with E-state index in [4.69, 9.17) is 11.6 Å². The highest BCUT2D eigenvalue weighted by Crippen LogP contribution is 2.38. The molecule has 0 aliphatic heterocycles. The summed E-state index contributed by atoms with van der Waals surface area (Å²) in [6.45, 7) is 2.49. The summed E-state index contributed by atoms with van der Waals surface area (Å²) in [6, 6.07) is 3.27. The molecule has 138 valence electrons. The molecule has 4 rings (SSSR count). The van der Waals surface area contributed by atoms with Crippen molar-refractivity contribution in [3.05, 3.63) is 53.8 Å². The van der Waals surface area contributed by atoms with Gasteiger partial charge in [-0.05, 0) is 19.1 Å². The summed E-state index contributed by atoms with van der Waals surface area (Å²) in [7, 11) is 0. The van der Waals surface area contributed by atoms with Crippen LogP contribution in [0.15, 0.2) is 43.2 Å². The molecule has 3 heterocycles. The number of hydrogen-bond acceptors (Lipinski definition) is 4. The lowest BCUT2D eigenvalue weighted by atomic mass is 10.0. The van der Waals surface area contributed by atoms with Crippen molar-refractivity contribution in [3.63, 3.8) is 0 Å². The number of hydrogen-bond donors (Lipinski definition) is 0. The third-order valence-electron chi connectivity index (χ3n) is 4.16. The number of fused-ring (bicyclic) bond motifs is 1. The molecule has 4 aromatic rings. The molecule has 27 heavy (non-hydrogen) atoms. The quantitative estimate of drug-likeness (QED) is 0.519. The van der Waals surface area contributed by atoms with Crippen LogP contribution in [0.25, 0.3) is 28.1 Å². The minimum absolute atomic E-state index is 0.00900. The van der Waals surface area contributed by atoms with Gasteiger partial charge in [-0.2, -0.15) is 23.0 Å². The predicted molar refractivity (Wildman–Crippen MR) is 93.6 cm³/mol. The largest absolute Gasteiger partial charge is 0.416 e. The van der Waals surface area contributed by atoms with Crippen molar-refractivity contribution in [1.82, 2.24) is 29.3 Å². The molecule has 0 aliphatic rings. The van der Waals surface area contributed by atoms with Gasteiger partial charge < -0.3 is 4.57 Å². The van der Waals surface area contributed by atoms with Gasteiger partial charge >= 0.3 is 6.18 Å². The molecule has 0 saturated carbocycles. The van der Waals surface area contributed by atoms with Crippen molar-refractivity contribution in [2.45, 2.75) is 19.6 Å². The van der Waals surface area contributed by atoms with Crippen LogP contribution in [0.4, 0.5) is 13.2 Å². The van der Waals surface area contributed by atoms with E-state index in [9.17, 15) is 13.2 Å². The summed E-state index contributed by atoms with van der Waals surface area (Å²) in [5.41, 5.74) is 1.52. The van der Waals surface area contributed by atoms with Crippen LogP contribution in [-0.4, -0.2) is 29.3 Å². The second-order valence-electron chi connectivity index (χ2n) is 5.74. The molecule has 0 N–H and O–H groups in total. The predicted octanol–water partition coefficient (Wildman–Crippen LogP) is 4.37. The fourth-order valence-corrected chi connectivity index (χ4v) is 3.25. The SMILES string of the molecule is CCn1c(-n2cncn2)nc2cncc(-c3ccc(C(F)(F)F)cc3Cl)c21. The van der Waals surface area contributed by atoms with E-state index in [1.165, 1.54) is 23.4 Å². The van der Waals surface area contributed by atoms with E-state index < -0.39 is 11.7 Å². The highest BCUT2D eigenvalue weighted by Gasteiger charge is 2.31. The fraction of sp³-hybridized carbons (Fsp3) is 0.176. The Bertz CT molecular complexity index is 1120. The van der Waals surface area contributed by atoms with Crippen LogP contribution < -0.4 is 0 Å². The summed E-state index contributed by atoms with van der Waals surface area (Å²) in [6.07, 6.45) is 1.61.